The minimum absolute atomic E-state index is 0.151. The van der Waals surface area contributed by atoms with E-state index in [1.807, 2.05) is 67.1 Å². The van der Waals surface area contributed by atoms with Gasteiger partial charge >= 0.3 is 0 Å². The van der Waals surface area contributed by atoms with Crippen molar-refractivity contribution in [3.05, 3.63) is 109 Å². The summed E-state index contributed by atoms with van der Waals surface area (Å²) in [5.74, 6) is 2.15. The van der Waals surface area contributed by atoms with Gasteiger partial charge in [0.1, 0.15) is 11.4 Å². The van der Waals surface area contributed by atoms with Crippen LogP contribution in [-0.4, -0.2) is 30.8 Å². The number of aryl methyl sites for hydroxylation is 1. The molecular formula is C32H27N5O. The molecule has 0 saturated heterocycles. The van der Waals surface area contributed by atoms with Crippen molar-refractivity contribution in [2.75, 3.05) is 0 Å². The van der Waals surface area contributed by atoms with E-state index in [4.69, 9.17) is 19.8 Å². The van der Waals surface area contributed by atoms with Crippen LogP contribution >= 0.6 is 0 Å². The van der Waals surface area contributed by atoms with Crippen LogP contribution in [-0.2, 0) is 0 Å². The monoisotopic (exact) mass is 497 g/mol. The minimum atomic E-state index is 0.151. The number of para-hydroxylation sites is 2. The van der Waals surface area contributed by atoms with Gasteiger partial charge in [-0.3, -0.25) is 4.98 Å². The number of aromatic nitrogens is 5. The molecule has 4 aromatic carbocycles. The van der Waals surface area contributed by atoms with Gasteiger partial charge in [0, 0.05) is 5.56 Å². The molecule has 2 aromatic heterocycles. The lowest BCUT2D eigenvalue weighted by Crippen LogP contribution is -2.05. The van der Waals surface area contributed by atoms with Crippen molar-refractivity contribution in [1.29, 1.82) is 0 Å². The summed E-state index contributed by atoms with van der Waals surface area (Å²) >= 11 is 0. The Morgan fingerprint density at radius 3 is 2.11 bits per heavy atom. The number of hydrogen-bond acceptors (Lipinski definition) is 5. The molecule has 186 valence electrons. The fraction of sp³-hybridized carbons (Fsp3) is 0.125. The lowest BCUT2D eigenvalue weighted by molar-refractivity contribution is 0.242. The van der Waals surface area contributed by atoms with E-state index in [1.54, 1.807) is 6.20 Å². The standard InChI is InChI=1S/C32H27N5O/c1-21(2)38-27-17-15-24(16-18-27)23-11-13-25(14-12-23)31-35-32(37(36-31)26-8-6-7-22(3)19-26)30-20-33-28-9-4-5-10-29(28)34-30/h4-21H,1-3H3. The van der Waals surface area contributed by atoms with Crippen LogP contribution in [0.15, 0.2) is 103 Å². The summed E-state index contributed by atoms with van der Waals surface area (Å²) in [5, 5.41) is 4.91. The second-order valence-electron chi connectivity index (χ2n) is 9.52. The normalized spacial score (nSPS) is 11.3. The van der Waals surface area contributed by atoms with Crippen molar-refractivity contribution in [3.8, 4) is 45.5 Å². The Morgan fingerprint density at radius 1 is 0.711 bits per heavy atom. The first-order valence-electron chi connectivity index (χ1n) is 12.7. The first kappa shape index (κ1) is 23.6. The van der Waals surface area contributed by atoms with Crippen LogP contribution in [0.2, 0.25) is 0 Å². The molecule has 0 amide bonds. The fourth-order valence-corrected chi connectivity index (χ4v) is 4.41. The smallest absolute Gasteiger partial charge is 0.183 e. The number of fused-ring (bicyclic) bond motifs is 1. The van der Waals surface area contributed by atoms with Crippen molar-refractivity contribution < 1.29 is 4.74 Å². The molecule has 2 heterocycles. The lowest BCUT2D eigenvalue weighted by Gasteiger charge is -2.10. The third kappa shape index (κ3) is 4.76. The fourth-order valence-electron chi connectivity index (χ4n) is 4.41. The first-order chi connectivity index (χ1) is 18.5. The molecule has 38 heavy (non-hydrogen) atoms. The maximum Gasteiger partial charge on any atom is 0.183 e. The van der Waals surface area contributed by atoms with Gasteiger partial charge in [-0.2, -0.15) is 0 Å². The van der Waals surface area contributed by atoms with Gasteiger partial charge in [-0.05, 0) is 73.9 Å². The van der Waals surface area contributed by atoms with Crippen molar-refractivity contribution in [1.82, 2.24) is 24.7 Å². The van der Waals surface area contributed by atoms with E-state index >= 15 is 0 Å². The molecule has 6 nitrogen and oxygen atoms in total. The van der Waals surface area contributed by atoms with Crippen molar-refractivity contribution in [3.63, 3.8) is 0 Å². The summed E-state index contributed by atoms with van der Waals surface area (Å²) in [7, 11) is 0. The van der Waals surface area contributed by atoms with Gasteiger partial charge in [0.15, 0.2) is 11.6 Å². The van der Waals surface area contributed by atoms with Crippen molar-refractivity contribution in [2.24, 2.45) is 0 Å². The molecule has 0 N–H and O–H groups in total. The Morgan fingerprint density at radius 2 is 1.39 bits per heavy atom. The third-order valence-corrected chi connectivity index (χ3v) is 6.23. The lowest BCUT2D eigenvalue weighted by atomic mass is 10.0. The minimum Gasteiger partial charge on any atom is -0.491 e. The van der Waals surface area contributed by atoms with Gasteiger partial charge in [0.2, 0.25) is 0 Å². The van der Waals surface area contributed by atoms with E-state index in [2.05, 4.69) is 60.4 Å². The van der Waals surface area contributed by atoms with Gasteiger partial charge in [-0.25, -0.2) is 14.6 Å². The molecule has 0 unspecified atom stereocenters. The average Bonchev–Trinajstić information content (AvgIpc) is 3.39. The maximum atomic E-state index is 5.77. The summed E-state index contributed by atoms with van der Waals surface area (Å²) in [6.07, 6.45) is 1.91. The topological polar surface area (TPSA) is 65.7 Å². The van der Waals surface area contributed by atoms with Gasteiger partial charge in [-0.15, -0.1) is 5.10 Å². The molecule has 0 fully saturated rings. The van der Waals surface area contributed by atoms with Gasteiger partial charge in [0.25, 0.3) is 0 Å². The molecule has 0 spiro atoms. The highest BCUT2D eigenvalue weighted by atomic mass is 16.5. The highest BCUT2D eigenvalue weighted by Crippen LogP contribution is 2.28. The van der Waals surface area contributed by atoms with Crippen LogP contribution in [0.25, 0.3) is 50.8 Å². The van der Waals surface area contributed by atoms with Gasteiger partial charge in [-0.1, -0.05) is 60.7 Å². The number of benzene rings is 4. The van der Waals surface area contributed by atoms with E-state index in [-0.39, 0.29) is 6.10 Å². The summed E-state index contributed by atoms with van der Waals surface area (Å²) < 4.78 is 7.62. The van der Waals surface area contributed by atoms with Crippen LogP contribution < -0.4 is 4.74 Å². The van der Waals surface area contributed by atoms with E-state index in [9.17, 15) is 0 Å². The average molecular weight is 498 g/mol. The molecule has 6 aromatic rings. The molecule has 0 aliphatic carbocycles. The van der Waals surface area contributed by atoms with Crippen LogP contribution in [0.3, 0.4) is 0 Å². The summed E-state index contributed by atoms with van der Waals surface area (Å²) in [4.78, 5) is 14.4. The summed E-state index contributed by atoms with van der Waals surface area (Å²) in [5.41, 5.74) is 7.57. The van der Waals surface area contributed by atoms with Crippen LogP contribution in [0.5, 0.6) is 5.75 Å². The molecule has 0 bridgehead atoms. The Balaban J connectivity index is 1.38. The van der Waals surface area contributed by atoms with Crippen LogP contribution in [0.4, 0.5) is 0 Å². The Kier molecular flexibility index (Phi) is 6.14. The number of nitrogens with zero attached hydrogens (tertiary/aromatic N) is 5. The van der Waals surface area contributed by atoms with Gasteiger partial charge in [0.05, 0.1) is 29.0 Å². The van der Waals surface area contributed by atoms with E-state index in [0.29, 0.717) is 17.3 Å². The molecule has 0 aliphatic rings. The predicted octanol–water partition coefficient (Wildman–Crippen LogP) is 7.31. The highest BCUT2D eigenvalue weighted by Gasteiger charge is 2.17. The summed E-state index contributed by atoms with van der Waals surface area (Å²) in [6, 6.07) is 32.5. The molecule has 6 heteroatoms. The highest BCUT2D eigenvalue weighted by molar-refractivity contribution is 5.76. The predicted molar refractivity (Wildman–Crippen MR) is 151 cm³/mol. The van der Waals surface area contributed by atoms with E-state index in [1.165, 1.54) is 0 Å². The number of ether oxygens (including phenoxy) is 1. The Bertz CT molecular complexity index is 1720. The van der Waals surface area contributed by atoms with Crippen LogP contribution in [0, 0.1) is 6.92 Å². The third-order valence-electron chi connectivity index (χ3n) is 6.23. The number of rotatable bonds is 6. The van der Waals surface area contributed by atoms with Crippen molar-refractivity contribution >= 4 is 11.0 Å². The van der Waals surface area contributed by atoms with Crippen molar-refractivity contribution in [2.45, 2.75) is 26.9 Å². The second-order valence-corrected chi connectivity index (χ2v) is 9.52. The van der Waals surface area contributed by atoms with Gasteiger partial charge < -0.3 is 4.74 Å². The zero-order chi connectivity index (χ0) is 26.1. The quantitative estimate of drug-likeness (QED) is 0.241. The van der Waals surface area contributed by atoms with E-state index < -0.39 is 0 Å². The molecular weight excluding hydrogens is 470 g/mol. The molecule has 0 atom stereocenters. The maximum absolute atomic E-state index is 5.77. The Hall–Kier alpha value is -4.84. The second kappa shape index (κ2) is 9.90. The first-order valence-corrected chi connectivity index (χ1v) is 12.7. The molecule has 0 radical (unpaired) electrons. The number of hydrogen-bond donors (Lipinski definition) is 0. The largest absolute Gasteiger partial charge is 0.491 e. The van der Waals surface area contributed by atoms with Crippen LogP contribution in [0.1, 0.15) is 19.4 Å². The summed E-state index contributed by atoms with van der Waals surface area (Å²) in [6.45, 7) is 6.12. The molecule has 6 rings (SSSR count). The zero-order valence-corrected chi connectivity index (χ0v) is 21.5. The SMILES string of the molecule is Cc1cccc(-n2nc(-c3ccc(-c4ccc(OC(C)C)cc4)cc3)nc2-c2cnc3ccccc3n2)c1. The zero-order valence-electron chi connectivity index (χ0n) is 21.5. The van der Waals surface area contributed by atoms with E-state index in [0.717, 1.165) is 44.7 Å². The molecule has 0 saturated carbocycles. The Labute approximate surface area is 221 Å². The molecule has 0 aliphatic heterocycles.